The van der Waals surface area contributed by atoms with Crippen LogP contribution in [0, 0.1) is 5.82 Å². The molecule has 0 heterocycles. The molecule has 2 aromatic rings. The summed E-state index contributed by atoms with van der Waals surface area (Å²) in [5.74, 6) is -0.247. The van der Waals surface area contributed by atoms with Gasteiger partial charge in [-0.3, -0.25) is 0 Å². The fourth-order valence-electron chi connectivity index (χ4n) is 2.09. The maximum Gasteiger partial charge on any atom is 0.123 e. The molecule has 0 aromatic heterocycles. The molecule has 0 saturated carbocycles. The van der Waals surface area contributed by atoms with Crippen molar-refractivity contribution in [1.29, 1.82) is 0 Å². The predicted molar refractivity (Wildman–Crippen MR) is 82.5 cm³/mol. The van der Waals surface area contributed by atoms with Crippen LogP contribution in [-0.4, -0.2) is 6.04 Å². The van der Waals surface area contributed by atoms with Gasteiger partial charge in [0, 0.05) is 17.6 Å². The maximum absolute atomic E-state index is 13.2. The molecule has 106 valence electrons. The van der Waals surface area contributed by atoms with Gasteiger partial charge in [-0.05, 0) is 49.1 Å². The third-order valence-electron chi connectivity index (χ3n) is 3.36. The van der Waals surface area contributed by atoms with Crippen LogP contribution in [0.15, 0.2) is 48.5 Å². The Morgan fingerprint density at radius 1 is 1.15 bits per heavy atom. The van der Waals surface area contributed by atoms with Crippen LogP contribution in [0.4, 0.5) is 4.39 Å². The van der Waals surface area contributed by atoms with Gasteiger partial charge in [0.1, 0.15) is 5.82 Å². The second-order valence-corrected chi connectivity index (χ2v) is 5.45. The van der Waals surface area contributed by atoms with E-state index in [1.165, 1.54) is 17.7 Å². The predicted octanol–water partition coefficient (Wildman–Crippen LogP) is 4.59. The summed E-state index contributed by atoms with van der Waals surface area (Å²) in [4.78, 5) is 0. The number of hydrogen-bond donors (Lipinski definition) is 1. The lowest BCUT2D eigenvalue weighted by molar-refractivity contribution is 0.512. The average Bonchev–Trinajstić information content (AvgIpc) is 2.47. The van der Waals surface area contributed by atoms with Gasteiger partial charge in [-0.1, -0.05) is 41.9 Å². The van der Waals surface area contributed by atoms with E-state index in [-0.39, 0.29) is 5.82 Å². The summed E-state index contributed by atoms with van der Waals surface area (Å²) in [6, 6.07) is 15.2. The first-order chi connectivity index (χ1) is 9.65. The fraction of sp³-hybridized carbons (Fsp3) is 0.294. The zero-order valence-corrected chi connectivity index (χ0v) is 12.3. The fourth-order valence-corrected chi connectivity index (χ4v) is 2.28. The molecule has 0 amide bonds. The van der Waals surface area contributed by atoms with E-state index in [1.807, 2.05) is 6.07 Å². The quantitative estimate of drug-likeness (QED) is 0.821. The highest BCUT2D eigenvalue weighted by Crippen LogP contribution is 2.17. The molecular weight excluding hydrogens is 273 g/mol. The van der Waals surface area contributed by atoms with Gasteiger partial charge in [0.25, 0.3) is 0 Å². The van der Waals surface area contributed by atoms with Gasteiger partial charge in [-0.2, -0.15) is 0 Å². The van der Waals surface area contributed by atoms with E-state index in [4.69, 9.17) is 11.6 Å². The van der Waals surface area contributed by atoms with E-state index >= 15 is 0 Å². The maximum atomic E-state index is 13.2. The first-order valence-electron chi connectivity index (χ1n) is 6.86. The molecule has 0 aliphatic heterocycles. The lowest BCUT2D eigenvalue weighted by atomic mass is 10.1. The zero-order valence-electron chi connectivity index (χ0n) is 11.6. The summed E-state index contributed by atoms with van der Waals surface area (Å²) >= 11 is 6.05. The van der Waals surface area contributed by atoms with Crippen LogP contribution in [0.1, 0.15) is 24.5 Å². The van der Waals surface area contributed by atoms with Crippen LogP contribution in [0.2, 0.25) is 5.02 Å². The molecular formula is C17H19ClFN. The van der Waals surface area contributed by atoms with E-state index in [1.54, 1.807) is 6.07 Å². The second-order valence-electron chi connectivity index (χ2n) is 5.04. The molecule has 2 rings (SSSR count). The SMILES string of the molecule is CC(CCc1ccccc1)NCc1cc(F)ccc1Cl. The first-order valence-corrected chi connectivity index (χ1v) is 7.24. The molecule has 1 nitrogen and oxygen atoms in total. The molecule has 0 saturated heterocycles. The van der Waals surface area contributed by atoms with Crippen molar-refractivity contribution in [2.24, 2.45) is 0 Å². The van der Waals surface area contributed by atoms with E-state index < -0.39 is 0 Å². The van der Waals surface area contributed by atoms with E-state index in [9.17, 15) is 4.39 Å². The minimum absolute atomic E-state index is 0.247. The monoisotopic (exact) mass is 291 g/mol. The standard InChI is InChI=1S/C17H19ClFN/c1-13(7-8-14-5-3-2-4-6-14)20-12-15-11-16(19)9-10-17(15)18/h2-6,9-11,13,20H,7-8,12H2,1H3. The highest BCUT2D eigenvalue weighted by molar-refractivity contribution is 6.31. The Hall–Kier alpha value is -1.38. The minimum Gasteiger partial charge on any atom is -0.310 e. The molecule has 1 unspecified atom stereocenters. The first kappa shape index (κ1) is 15.0. The summed E-state index contributed by atoms with van der Waals surface area (Å²) in [6.07, 6.45) is 2.07. The smallest absolute Gasteiger partial charge is 0.123 e. The number of halogens is 2. The highest BCUT2D eigenvalue weighted by atomic mass is 35.5. The molecule has 2 aromatic carbocycles. The van der Waals surface area contributed by atoms with Crippen molar-refractivity contribution in [2.45, 2.75) is 32.4 Å². The van der Waals surface area contributed by atoms with E-state index in [0.717, 1.165) is 18.4 Å². The Bertz CT molecular complexity index is 542. The van der Waals surface area contributed by atoms with Crippen molar-refractivity contribution < 1.29 is 4.39 Å². The van der Waals surface area contributed by atoms with Crippen molar-refractivity contribution in [3.63, 3.8) is 0 Å². The van der Waals surface area contributed by atoms with Gasteiger partial charge in [0.15, 0.2) is 0 Å². The molecule has 0 aliphatic rings. The highest BCUT2D eigenvalue weighted by Gasteiger charge is 2.06. The van der Waals surface area contributed by atoms with Gasteiger partial charge in [-0.15, -0.1) is 0 Å². The third-order valence-corrected chi connectivity index (χ3v) is 3.73. The Morgan fingerprint density at radius 3 is 2.65 bits per heavy atom. The average molecular weight is 292 g/mol. The summed E-state index contributed by atoms with van der Waals surface area (Å²) in [7, 11) is 0. The van der Waals surface area contributed by atoms with Gasteiger partial charge in [0.05, 0.1) is 0 Å². The van der Waals surface area contributed by atoms with Crippen LogP contribution in [0.5, 0.6) is 0 Å². The van der Waals surface area contributed by atoms with Crippen molar-refractivity contribution in [3.8, 4) is 0 Å². The molecule has 1 N–H and O–H groups in total. The topological polar surface area (TPSA) is 12.0 Å². The Morgan fingerprint density at radius 2 is 1.90 bits per heavy atom. The van der Waals surface area contributed by atoms with Crippen LogP contribution >= 0.6 is 11.6 Å². The second kappa shape index (κ2) is 7.41. The molecule has 0 aliphatic carbocycles. The van der Waals surface area contributed by atoms with Crippen molar-refractivity contribution in [3.05, 3.63) is 70.5 Å². The van der Waals surface area contributed by atoms with Crippen LogP contribution in [0.25, 0.3) is 0 Å². The molecule has 0 spiro atoms. The third kappa shape index (κ3) is 4.62. The molecule has 0 radical (unpaired) electrons. The number of hydrogen-bond acceptors (Lipinski definition) is 1. The molecule has 3 heteroatoms. The Labute approximate surface area is 124 Å². The van der Waals surface area contributed by atoms with Gasteiger partial charge in [-0.25, -0.2) is 4.39 Å². The van der Waals surface area contributed by atoms with Gasteiger partial charge < -0.3 is 5.32 Å². The van der Waals surface area contributed by atoms with Crippen molar-refractivity contribution in [1.82, 2.24) is 5.32 Å². The van der Waals surface area contributed by atoms with Crippen molar-refractivity contribution >= 4 is 11.6 Å². The van der Waals surface area contributed by atoms with Gasteiger partial charge in [0.2, 0.25) is 0 Å². The molecule has 0 bridgehead atoms. The van der Waals surface area contributed by atoms with Gasteiger partial charge >= 0.3 is 0 Å². The molecule has 1 atom stereocenters. The number of rotatable bonds is 6. The Balaban J connectivity index is 1.80. The lowest BCUT2D eigenvalue weighted by Crippen LogP contribution is -2.26. The number of aryl methyl sites for hydroxylation is 1. The van der Waals surface area contributed by atoms with Crippen LogP contribution in [-0.2, 0) is 13.0 Å². The normalized spacial score (nSPS) is 12.3. The van der Waals surface area contributed by atoms with E-state index in [0.29, 0.717) is 17.6 Å². The van der Waals surface area contributed by atoms with Crippen LogP contribution < -0.4 is 5.32 Å². The lowest BCUT2D eigenvalue weighted by Gasteiger charge is -2.14. The van der Waals surface area contributed by atoms with Crippen molar-refractivity contribution in [2.75, 3.05) is 0 Å². The summed E-state index contributed by atoms with van der Waals surface area (Å²) in [5, 5.41) is 3.99. The summed E-state index contributed by atoms with van der Waals surface area (Å²) < 4.78 is 13.2. The number of benzene rings is 2. The summed E-state index contributed by atoms with van der Waals surface area (Å²) in [5.41, 5.74) is 2.14. The molecule has 0 fully saturated rings. The van der Waals surface area contributed by atoms with Crippen LogP contribution in [0.3, 0.4) is 0 Å². The minimum atomic E-state index is -0.247. The summed E-state index contributed by atoms with van der Waals surface area (Å²) in [6.45, 7) is 2.72. The number of nitrogens with one attached hydrogen (secondary N) is 1. The largest absolute Gasteiger partial charge is 0.310 e. The molecule has 20 heavy (non-hydrogen) atoms. The van der Waals surface area contributed by atoms with E-state index in [2.05, 4.69) is 36.5 Å². The Kier molecular flexibility index (Phi) is 5.57. The zero-order chi connectivity index (χ0) is 14.4.